The summed E-state index contributed by atoms with van der Waals surface area (Å²) in [5, 5.41) is 0. The lowest BCUT2D eigenvalue weighted by Gasteiger charge is -2.36. The molecule has 1 unspecified atom stereocenters. The number of aryl methyl sites for hydroxylation is 1. The highest BCUT2D eigenvalue weighted by molar-refractivity contribution is 7.99. The summed E-state index contributed by atoms with van der Waals surface area (Å²) >= 11 is 7.16. The number of thiocarbonyl (C=S) groups is 1. The highest BCUT2D eigenvalue weighted by Crippen LogP contribution is 2.28. The lowest BCUT2D eigenvalue weighted by molar-refractivity contribution is 0.699. The fourth-order valence-electron chi connectivity index (χ4n) is 2.17. The minimum Gasteiger partial charge on any atom is -0.389 e. The van der Waals surface area contributed by atoms with Gasteiger partial charge in [0.05, 0.1) is 0 Å². The monoisotopic (exact) mass is 266 g/mol. The molecule has 17 heavy (non-hydrogen) atoms. The van der Waals surface area contributed by atoms with E-state index in [0.29, 0.717) is 11.0 Å². The topological polar surface area (TPSA) is 29.3 Å². The van der Waals surface area contributed by atoms with Crippen molar-refractivity contribution >= 4 is 34.7 Å². The summed E-state index contributed by atoms with van der Waals surface area (Å²) in [5.41, 5.74) is 9.27. The SMILES string of the molecule is Cc1ccc(C(N)=S)c(N2CCSCC2C)c1. The molecule has 2 N–H and O–H groups in total. The van der Waals surface area contributed by atoms with Gasteiger partial charge in [0.1, 0.15) is 4.99 Å². The summed E-state index contributed by atoms with van der Waals surface area (Å²) in [4.78, 5) is 2.92. The number of nitrogens with two attached hydrogens (primary N) is 1. The molecule has 2 rings (SSSR count). The predicted molar refractivity (Wildman–Crippen MR) is 81.2 cm³/mol. The smallest absolute Gasteiger partial charge is 0.106 e. The van der Waals surface area contributed by atoms with Gasteiger partial charge in [-0.15, -0.1) is 0 Å². The van der Waals surface area contributed by atoms with E-state index in [9.17, 15) is 0 Å². The van der Waals surface area contributed by atoms with Gasteiger partial charge < -0.3 is 10.6 Å². The van der Waals surface area contributed by atoms with Gasteiger partial charge in [0.25, 0.3) is 0 Å². The third-order valence-electron chi connectivity index (χ3n) is 3.10. The fraction of sp³-hybridized carbons (Fsp3) is 0.462. The van der Waals surface area contributed by atoms with Crippen molar-refractivity contribution in [3.63, 3.8) is 0 Å². The van der Waals surface area contributed by atoms with Gasteiger partial charge in [0, 0.05) is 35.3 Å². The van der Waals surface area contributed by atoms with Crippen LogP contribution in [-0.2, 0) is 0 Å². The highest BCUT2D eigenvalue weighted by Gasteiger charge is 2.21. The molecule has 0 spiro atoms. The Morgan fingerprint density at radius 3 is 2.94 bits per heavy atom. The van der Waals surface area contributed by atoms with E-state index < -0.39 is 0 Å². The first-order valence-electron chi connectivity index (χ1n) is 5.84. The molecule has 92 valence electrons. The molecule has 0 aliphatic carbocycles. The molecule has 0 amide bonds. The van der Waals surface area contributed by atoms with Gasteiger partial charge in [0.15, 0.2) is 0 Å². The zero-order valence-electron chi connectivity index (χ0n) is 10.3. The molecule has 0 radical (unpaired) electrons. The van der Waals surface area contributed by atoms with Crippen LogP contribution in [0.5, 0.6) is 0 Å². The third-order valence-corrected chi connectivity index (χ3v) is 4.51. The van der Waals surface area contributed by atoms with Gasteiger partial charge in [-0.25, -0.2) is 0 Å². The molecular formula is C13H18N2S2. The summed E-state index contributed by atoms with van der Waals surface area (Å²) in [5.74, 6) is 2.35. The van der Waals surface area contributed by atoms with E-state index >= 15 is 0 Å². The van der Waals surface area contributed by atoms with E-state index in [0.717, 1.165) is 12.1 Å². The van der Waals surface area contributed by atoms with Crippen molar-refractivity contribution in [3.05, 3.63) is 29.3 Å². The van der Waals surface area contributed by atoms with E-state index in [1.165, 1.54) is 22.8 Å². The van der Waals surface area contributed by atoms with Crippen LogP contribution in [0.4, 0.5) is 5.69 Å². The molecule has 0 bridgehead atoms. The summed E-state index contributed by atoms with van der Waals surface area (Å²) < 4.78 is 0. The van der Waals surface area contributed by atoms with Gasteiger partial charge in [-0.3, -0.25) is 0 Å². The molecule has 1 aromatic rings. The zero-order valence-corrected chi connectivity index (χ0v) is 11.9. The van der Waals surface area contributed by atoms with Crippen LogP contribution in [0.2, 0.25) is 0 Å². The van der Waals surface area contributed by atoms with Crippen molar-refractivity contribution in [1.82, 2.24) is 0 Å². The number of anilines is 1. The second kappa shape index (κ2) is 5.27. The van der Waals surface area contributed by atoms with Crippen molar-refractivity contribution in [2.45, 2.75) is 19.9 Å². The Morgan fingerprint density at radius 2 is 2.29 bits per heavy atom. The molecule has 1 fully saturated rings. The van der Waals surface area contributed by atoms with Crippen LogP contribution >= 0.6 is 24.0 Å². The van der Waals surface area contributed by atoms with Crippen LogP contribution in [0.25, 0.3) is 0 Å². The molecule has 1 aliphatic heterocycles. The van der Waals surface area contributed by atoms with E-state index in [4.69, 9.17) is 18.0 Å². The van der Waals surface area contributed by atoms with Crippen LogP contribution in [-0.4, -0.2) is 29.1 Å². The largest absolute Gasteiger partial charge is 0.389 e. The van der Waals surface area contributed by atoms with Crippen molar-refractivity contribution in [2.24, 2.45) is 5.73 Å². The molecule has 0 saturated carbocycles. The average Bonchev–Trinajstić information content (AvgIpc) is 2.29. The molecule has 1 atom stereocenters. The first-order chi connectivity index (χ1) is 8.09. The Kier molecular flexibility index (Phi) is 3.94. The standard InChI is InChI=1S/C13H18N2S2/c1-9-3-4-11(13(14)16)12(7-9)15-5-6-17-8-10(15)2/h3-4,7,10H,5-6,8H2,1-2H3,(H2,14,16). The average molecular weight is 266 g/mol. The Bertz CT molecular complexity index is 431. The molecule has 1 heterocycles. The van der Waals surface area contributed by atoms with Crippen molar-refractivity contribution in [3.8, 4) is 0 Å². The lowest BCUT2D eigenvalue weighted by Crippen LogP contribution is -2.41. The first kappa shape index (κ1) is 12.7. The van der Waals surface area contributed by atoms with Crippen molar-refractivity contribution in [1.29, 1.82) is 0 Å². The maximum absolute atomic E-state index is 5.82. The summed E-state index contributed by atoms with van der Waals surface area (Å²) in [6, 6.07) is 6.85. The lowest BCUT2D eigenvalue weighted by atomic mass is 10.1. The maximum Gasteiger partial charge on any atom is 0.106 e. The molecule has 2 nitrogen and oxygen atoms in total. The molecular weight excluding hydrogens is 248 g/mol. The van der Waals surface area contributed by atoms with Gasteiger partial charge in [-0.2, -0.15) is 11.8 Å². The van der Waals surface area contributed by atoms with Crippen LogP contribution in [0.1, 0.15) is 18.1 Å². The van der Waals surface area contributed by atoms with Gasteiger partial charge in [-0.05, 0) is 31.5 Å². The third kappa shape index (κ3) is 2.75. The number of rotatable bonds is 2. The second-order valence-electron chi connectivity index (χ2n) is 4.50. The van der Waals surface area contributed by atoms with Crippen LogP contribution in [0.15, 0.2) is 18.2 Å². The predicted octanol–water partition coefficient (Wildman–Crippen LogP) is 2.57. The van der Waals surface area contributed by atoms with Crippen molar-refractivity contribution < 1.29 is 0 Å². The van der Waals surface area contributed by atoms with E-state index in [1.807, 2.05) is 17.8 Å². The quantitative estimate of drug-likeness (QED) is 0.833. The Hall–Kier alpha value is -0.740. The van der Waals surface area contributed by atoms with Gasteiger partial charge in [-0.1, -0.05) is 18.3 Å². The number of nitrogens with zero attached hydrogens (tertiary/aromatic N) is 1. The zero-order chi connectivity index (χ0) is 12.4. The second-order valence-corrected chi connectivity index (χ2v) is 6.09. The minimum absolute atomic E-state index is 0.491. The Balaban J connectivity index is 2.41. The van der Waals surface area contributed by atoms with Gasteiger partial charge >= 0.3 is 0 Å². The fourth-order valence-corrected chi connectivity index (χ4v) is 3.36. The first-order valence-corrected chi connectivity index (χ1v) is 7.40. The molecule has 1 saturated heterocycles. The Labute approximate surface area is 113 Å². The number of hydrogen-bond donors (Lipinski definition) is 1. The summed E-state index contributed by atoms with van der Waals surface area (Å²) in [7, 11) is 0. The van der Waals surface area contributed by atoms with Crippen LogP contribution < -0.4 is 10.6 Å². The molecule has 1 aliphatic rings. The van der Waals surface area contributed by atoms with Crippen molar-refractivity contribution in [2.75, 3.05) is 23.0 Å². The highest BCUT2D eigenvalue weighted by atomic mass is 32.2. The van der Waals surface area contributed by atoms with Crippen LogP contribution in [0.3, 0.4) is 0 Å². The minimum atomic E-state index is 0.491. The Morgan fingerprint density at radius 1 is 1.53 bits per heavy atom. The van der Waals surface area contributed by atoms with Crippen LogP contribution in [0, 0.1) is 6.92 Å². The van der Waals surface area contributed by atoms with E-state index in [2.05, 4.69) is 30.9 Å². The molecule has 0 aromatic heterocycles. The van der Waals surface area contributed by atoms with Gasteiger partial charge in [0.2, 0.25) is 0 Å². The van der Waals surface area contributed by atoms with E-state index in [-0.39, 0.29) is 0 Å². The number of benzene rings is 1. The summed E-state index contributed by atoms with van der Waals surface area (Å²) in [6.07, 6.45) is 0. The maximum atomic E-state index is 5.82. The summed E-state index contributed by atoms with van der Waals surface area (Å²) in [6.45, 7) is 5.44. The van der Waals surface area contributed by atoms with E-state index in [1.54, 1.807) is 0 Å². The molecule has 1 aromatic carbocycles. The number of thioether (sulfide) groups is 1. The normalized spacial score (nSPS) is 20.4. The molecule has 4 heteroatoms. The number of hydrogen-bond acceptors (Lipinski definition) is 3.